The molecule has 0 spiro atoms. The lowest BCUT2D eigenvalue weighted by atomic mass is 9.81. The summed E-state index contributed by atoms with van der Waals surface area (Å²) in [4.78, 5) is 21.2. The maximum atomic E-state index is 12.8. The van der Waals surface area contributed by atoms with E-state index in [1.165, 1.54) is 17.7 Å². The van der Waals surface area contributed by atoms with Crippen molar-refractivity contribution in [1.29, 1.82) is 0 Å². The van der Waals surface area contributed by atoms with Gasteiger partial charge in [-0.25, -0.2) is 0 Å². The van der Waals surface area contributed by atoms with Gasteiger partial charge in [-0.15, -0.1) is 11.3 Å². The number of thiophene rings is 1. The van der Waals surface area contributed by atoms with Crippen molar-refractivity contribution in [3.05, 3.63) is 52.0 Å². The number of rotatable bonds is 5. The number of ether oxygens (including phenoxy) is 1. The van der Waals surface area contributed by atoms with Gasteiger partial charge in [-0.2, -0.15) is 0 Å². The van der Waals surface area contributed by atoms with Crippen LogP contribution in [0.2, 0.25) is 0 Å². The molecule has 2 fully saturated rings. The molecule has 5 heteroatoms. The summed E-state index contributed by atoms with van der Waals surface area (Å²) in [6.07, 6.45) is 5.42. The molecule has 1 aliphatic carbocycles. The van der Waals surface area contributed by atoms with Gasteiger partial charge < -0.3 is 9.64 Å². The van der Waals surface area contributed by atoms with E-state index < -0.39 is 0 Å². The molecule has 1 amide bonds. The van der Waals surface area contributed by atoms with E-state index in [1.807, 2.05) is 37.3 Å². The van der Waals surface area contributed by atoms with E-state index in [0.29, 0.717) is 12.5 Å². The van der Waals surface area contributed by atoms with E-state index in [4.69, 9.17) is 4.74 Å². The topological polar surface area (TPSA) is 42.4 Å². The van der Waals surface area contributed by atoms with Gasteiger partial charge in [0.05, 0.1) is 23.8 Å². The number of nitrogens with zero attached hydrogens (tertiary/aromatic N) is 2. The number of aromatic nitrogens is 1. The van der Waals surface area contributed by atoms with Crippen LogP contribution < -0.4 is 0 Å². The summed E-state index contributed by atoms with van der Waals surface area (Å²) < 4.78 is 6.05. The zero-order chi connectivity index (χ0) is 17.3. The highest BCUT2D eigenvalue weighted by molar-refractivity contribution is 7.13. The van der Waals surface area contributed by atoms with Crippen LogP contribution in [0.1, 0.15) is 39.5 Å². The minimum atomic E-state index is 0.136. The summed E-state index contributed by atoms with van der Waals surface area (Å²) in [5, 5.41) is 0. The molecule has 4 rings (SSSR count). The van der Waals surface area contributed by atoms with Crippen LogP contribution in [-0.2, 0) is 11.3 Å². The summed E-state index contributed by atoms with van der Waals surface area (Å²) in [6, 6.07) is 9.89. The Morgan fingerprint density at radius 1 is 1.40 bits per heavy atom. The van der Waals surface area contributed by atoms with Gasteiger partial charge in [0.1, 0.15) is 0 Å². The number of carbonyl (C=O) groups is 1. The van der Waals surface area contributed by atoms with E-state index in [1.54, 1.807) is 17.5 Å². The van der Waals surface area contributed by atoms with Crippen molar-refractivity contribution in [2.45, 2.75) is 32.8 Å². The molecule has 2 aromatic heterocycles. The number of fused-ring (bicyclic) bond motifs is 1. The van der Waals surface area contributed by atoms with Gasteiger partial charge in [0.15, 0.2) is 0 Å². The molecule has 132 valence electrons. The lowest BCUT2D eigenvalue weighted by molar-refractivity contribution is 0.0252. The van der Waals surface area contributed by atoms with Crippen LogP contribution in [0.15, 0.2) is 36.5 Å². The Kier molecular flexibility index (Phi) is 4.61. The van der Waals surface area contributed by atoms with E-state index in [9.17, 15) is 4.79 Å². The largest absolute Gasteiger partial charge is 0.375 e. The van der Waals surface area contributed by atoms with Gasteiger partial charge in [-0.1, -0.05) is 12.5 Å². The van der Waals surface area contributed by atoms with Crippen LogP contribution in [0.5, 0.6) is 0 Å². The van der Waals surface area contributed by atoms with Gasteiger partial charge >= 0.3 is 0 Å². The Morgan fingerprint density at radius 3 is 3.08 bits per heavy atom. The molecule has 0 aromatic carbocycles. The number of hydrogen-bond donors (Lipinski definition) is 0. The molecule has 4 nitrogen and oxygen atoms in total. The summed E-state index contributed by atoms with van der Waals surface area (Å²) in [5.74, 6) is 0.762. The molecule has 2 aliphatic rings. The van der Waals surface area contributed by atoms with Crippen molar-refractivity contribution in [3.8, 4) is 0 Å². The molecular weight excluding hydrogens is 332 g/mol. The second kappa shape index (κ2) is 6.89. The number of aryl methyl sites for hydroxylation is 1. The van der Waals surface area contributed by atoms with Crippen molar-refractivity contribution >= 4 is 17.2 Å². The highest BCUT2D eigenvalue weighted by Crippen LogP contribution is 2.49. The molecule has 2 atom stereocenters. The summed E-state index contributed by atoms with van der Waals surface area (Å²) in [5.41, 5.74) is 1.10. The fourth-order valence-electron chi connectivity index (χ4n) is 4.35. The third kappa shape index (κ3) is 3.35. The van der Waals surface area contributed by atoms with Gasteiger partial charge in [0.2, 0.25) is 0 Å². The predicted molar refractivity (Wildman–Crippen MR) is 98.6 cm³/mol. The van der Waals surface area contributed by atoms with Crippen LogP contribution in [0.25, 0.3) is 0 Å². The van der Waals surface area contributed by atoms with Gasteiger partial charge in [0, 0.05) is 29.6 Å². The summed E-state index contributed by atoms with van der Waals surface area (Å²) in [6.45, 7) is 5.03. The lowest BCUT2D eigenvalue weighted by Gasteiger charge is -2.28. The second-order valence-electron chi connectivity index (χ2n) is 7.36. The maximum Gasteiger partial charge on any atom is 0.263 e. The smallest absolute Gasteiger partial charge is 0.263 e. The first kappa shape index (κ1) is 16.7. The molecule has 0 N–H and O–H groups in total. The predicted octanol–water partition coefficient (Wildman–Crippen LogP) is 3.91. The minimum absolute atomic E-state index is 0.136. The van der Waals surface area contributed by atoms with Gasteiger partial charge in [0.25, 0.3) is 5.91 Å². The average molecular weight is 356 g/mol. The van der Waals surface area contributed by atoms with E-state index in [-0.39, 0.29) is 11.3 Å². The molecule has 1 saturated heterocycles. The van der Waals surface area contributed by atoms with Gasteiger partial charge in [-0.3, -0.25) is 9.78 Å². The van der Waals surface area contributed by atoms with Crippen molar-refractivity contribution in [1.82, 2.24) is 9.88 Å². The highest BCUT2D eigenvalue weighted by Gasteiger charge is 2.50. The second-order valence-corrected chi connectivity index (χ2v) is 8.65. The monoisotopic (exact) mass is 356 g/mol. The van der Waals surface area contributed by atoms with Crippen molar-refractivity contribution in [2.75, 3.05) is 19.7 Å². The Morgan fingerprint density at radius 2 is 2.32 bits per heavy atom. The molecule has 1 saturated carbocycles. The van der Waals surface area contributed by atoms with Crippen molar-refractivity contribution in [3.63, 3.8) is 0 Å². The van der Waals surface area contributed by atoms with Crippen molar-refractivity contribution < 1.29 is 9.53 Å². The SMILES string of the molecule is Cc1ccc(C(=O)N2C[C@H]3CCC[C@@]3(COCc3ccccn3)C2)s1. The molecular formula is C20H24N2O2S. The molecule has 3 heterocycles. The Bertz CT molecular complexity index is 745. The van der Waals surface area contributed by atoms with E-state index >= 15 is 0 Å². The minimum Gasteiger partial charge on any atom is -0.375 e. The zero-order valence-corrected chi connectivity index (χ0v) is 15.4. The van der Waals surface area contributed by atoms with Crippen molar-refractivity contribution in [2.24, 2.45) is 11.3 Å². The molecule has 0 radical (unpaired) electrons. The number of amides is 1. The molecule has 0 unspecified atom stereocenters. The standard InChI is InChI=1S/C20H24N2O2S/c1-15-7-8-18(25-15)19(23)22-11-16-5-4-9-20(16,13-22)14-24-12-17-6-2-3-10-21-17/h2-3,6-8,10,16H,4-5,9,11-14H2,1H3/t16-,20+/m1/s1. The van der Waals surface area contributed by atoms with Crippen LogP contribution in [-0.4, -0.2) is 35.5 Å². The molecule has 25 heavy (non-hydrogen) atoms. The number of pyridine rings is 1. The fourth-order valence-corrected chi connectivity index (χ4v) is 5.19. The third-order valence-electron chi connectivity index (χ3n) is 5.64. The molecule has 2 aromatic rings. The average Bonchev–Trinajstić information content (AvgIpc) is 3.29. The first-order valence-electron chi connectivity index (χ1n) is 9.00. The Balaban J connectivity index is 1.41. The lowest BCUT2D eigenvalue weighted by Crippen LogP contribution is -2.34. The highest BCUT2D eigenvalue weighted by atomic mass is 32.1. The first-order chi connectivity index (χ1) is 12.2. The number of likely N-dealkylation sites (tertiary alicyclic amines) is 1. The fraction of sp³-hybridized carbons (Fsp3) is 0.500. The molecule has 0 bridgehead atoms. The Hall–Kier alpha value is -1.72. The van der Waals surface area contributed by atoms with Crippen LogP contribution in [0.4, 0.5) is 0 Å². The van der Waals surface area contributed by atoms with Crippen LogP contribution in [0, 0.1) is 18.3 Å². The number of hydrogen-bond acceptors (Lipinski definition) is 4. The molecule has 1 aliphatic heterocycles. The van der Waals surface area contributed by atoms with Crippen LogP contribution in [0.3, 0.4) is 0 Å². The van der Waals surface area contributed by atoms with E-state index in [2.05, 4.69) is 9.88 Å². The Labute approximate surface area is 152 Å². The number of carbonyl (C=O) groups excluding carboxylic acids is 1. The quantitative estimate of drug-likeness (QED) is 0.816. The first-order valence-corrected chi connectivity index (χ1v) is 9.81. The zero-order valence-electron chi connectivity index (χ0n) is 14.6. The van der Waals surface area contributed by atoms with Crippen LogP contribution >= 0.6 is 11.3 Å². The summed E-state index contributed by atoms with van der Waals surface area (Å²) >= 11 is 1.59. The normalized spacial score (nSPS) is 25.3. The maximum absolute atomic E-state index is 12.8. The summed E-state index contributed by atoms with van der Waals surface area (Å²) in [7, 11) is 0. The van der Waals surface area contributed by atoms with E-state index in [0.717, 1.165) is 36.7 Å². The third-order valence-corrected chi connectivity index (χ3v) is 6.63. The van der Waals surface area contributed by atoms with Gasteiger partial charge in [-0.05, 0) is 49.9 Å².